The lowest BCUT2D eigenvalue weighted by molar-refractivity contribution is -0.163. The molecule has 1 atom stereocenters. The molecule has 0 aromatic rings. The molecule has 0 bridgehead atoms. The van der Waals surface area contributed by atoms with Crippen molar-refractivity contribution in [2.75, 3.05) is 19.8 Å². The maximum atomic E-state index is 12.8. The van der Waals surface area contributed by atoms with Gasteiger partial charge in [-0.05, 0) is 128 Å². The van der Waals surface area contributed by atoms with Crippen LogP contribution in [0.5, 0.6) is 0 Å². The van der Waals surface area contributed by atoms with E-state index in [0.717, 1.165) is 122 Å². The van der Waals surface area contributed by atoms with E-state index < -0.39 is 6.10 Å². The smallest absolute Gasteiger partial charge is 0.306 e. The summed E-state index contributed by atoms with van der Waals surface area (Å²) in [5.41, 5.74) is 0. The van der Waals surface area contributed by atoms with Gasteiger partial charge in [0.05, 0.1) is 6.61 Å². The minimum atomic E-state index is -0.597. The van der Waals surface area contributed by atoms with E-state index in [4.69, 9.17) is 14.2 Å². The maximum Gasteiger partial charge on any atom is 0.306 e. The highest BCUT2D eigenvalue weighted by Gasteiger charge is 2.17. The number of unbranched alkanes of at least 4 members (excludes halogenated alkanes) is 12. The molecule has 360 valence electrons. The molecule has 0 rings (SSSR count). The monoisotopic (exact) mass is 883 g/mol. The number of hydrogen-bond donors (Lipinski definition) is 0. The zero-order valence-corrected chi connectivity index (χ0v) is 41.2. The average molecular weight is 883 g/mol. The molecule has 0 saturated heterocycles. The summed E-state index contributed by atoms with van der Waals surface area (Å²) >= 11 is 0. The van der Waals surface area contributed by atoms with Gasteiger partial charge in [0, 0.05) is 19.4 Å². The van der Waals surface area contributed by atoms with Gasteiger partial charge < -0.3 is 14.2 Å². The maximum absolute atomic E-state index is 12.8. The van der Waals surface area contributed by atoms with Crippen molar-refractivity contribution in [3.63, 3.8) is 0 Å². The van der Waals surface area contributed by atoms with Crippen molar-refractivity contribution in [3.05, 3.63) is 134 Å². The van der Waals surface area contributed by atoms with E-state index in [9.17, 15) is 9.59 Å². The molecule has 5 heteroatoms. The van der Waals surface area contributed by atoms with Crippen LogP contribution in [0.15, 0.2) is 134 Å². The summed E-state index contributed by atoms with van der Waals surface area (Å²) < 4.78 is 17.3. The SMILES string of the molecule is CC/C=C\C/C=C\C/C=C\C/C=C\C/C=C\C/C=C\CCCOCC(COC(=O)CCCC/C=C\C/C=C\C/C=C\C/C=C\CC)OC(=O)CCCCCCC/C=C\CCCCCC. The first-order valence-corrected chi connectivity index (χ1v) is 25.7. The molecule has 0 radical (unpaired) electrons. The molecule has 5 nitrogen and oxygen atoms in total. The first-order valence-electron chi connectivity index (χ1n) is 25.7. The third-order valence-electron chi connectivity index (χ3n) is 10.2. The molecule has 0 aliphatic carbocycles. The average Bonchev–Trinajstić information content (AvgIpc) is 3.30. The Kier molecular flexibility index (Phi) is 50.1. The molecule has 1 unspecified atom stereocenters. The molecule has 0 spiro atoms. The summed E-state index contributed by atoms with van der Waals surface area (Å²) in [5.74, 6) is -0.498. The topological polar surface area (TPSA) is 61.8 Å². The number of rotatable bonds is 45. The Balaban J connectivity index is 4.47. The van der Waals surface area contributed by atoms with Gasteiger partial charge in [-0.25, -0.2) is 0 Å². The van der Waals surface area contributed by atoms with Crippen LogP contribution in [0.25, 0.3) is 0 Å². The van der Waals surface area contributed by atoms with E-state index >= 15 is 0 Å². The fourth-order valence-electron chi connectivity index (χ4n) is 6.39. The number of esters is 2. The van der Waals surface area contributed by atoms with Crippen LogP contribution in [0.3, 0.4) is 0 Å². The summed E-state index contributed by atoms with van der Waals surface area (Å²) in [6, 6.07) is 0. The van der Waals surface area contributed by atoms with Crippen molar-refractivity contribution in [1.29, 1.82) is 0 Å². The van der Waals surface area contributed by atoms with Crippen LogP contribution < -0.4 is 0 Å². The summed E-state index contributed by atoms with van der Waals surface area (Å²) in [6.45, 7) is 7.36. The predicted octanol–water partition coefficient (Wildman–Crippen LogP) is 17.6. The van der Waals surface area contributed by atoms with Gasteiger partial charge in [-0.15, -0.1) is 0 Å². The minimum Gasteiger partial charge on any atom is -0.462 e. The van der Waals surface area contributed by atoms with Gasteiger partial charge >= 0.3 is 11.9 Å². The second-order valence-electron chi connectivity index (χ2n) is 16.3. The van der Waals surface area contributed by atoms with Gasteiger partial charge in [-0.2, -0.15) is 0 Å². The van der Waals surface area contributed by atoms with Gasteiger partial charge in [0.1, 0.15) is 6.61 Å². The van der Waals surface area contributed by atoms with Crippen LogP contribution in [0.2, 0.25) is 0 Å². The highest BCUT2D eigenvalue weighted by molar-refractivity contribution is 5.70. The third kappa shape index (κ3) is 50.7. The van der Waals surface area contributed by atoms with Crippen LogP contribution in [-0.2, 0) is 23.8 Å². The molecule has 0 N–H and O–H groups in total. The van der Waals surface area contributed by atoms with E-state index in [0.29, 0.717) is 19.4 Å². The van der Waals surface area contributed by atoms with Gasteiger partial charge in [0.15, 0.2) is 6.10 Å². The summed E-state index contributed by atoms with van der Waals surface area (Å²) in [4.78, 5) is 25.4. The summed E-state index contributed by atoms with van der Waals surface area (Å²) in [5, 5.41) is 0. The lowest BCUT2D eigenvalue weighted by Crippen LogP contribution is -2.30. The van der Waals surface area contributed by atoms with E-state index in [1.165, 1.54) is 44.9 Å². The van der Waals surface area contributed by atoms with Crippen LogP contribution >= 0.6 is 0 Å². The predicted molar refractivity (Wildman–Crippen MR) is 278 cm³/mol. The lowest BCUT2D eigenvalue weighted by atomic mass is 10.1. The van der Waals surface area contributed by atoms with E-state index in [2.05, 4.69) is 154 Å². The fourth-order valence-corrected chi connectivity index (χ4v) is 6.39. The first kappa shape index (κ1) is 60.0. The van der Waals surface area contributed by atoms with Crippen molar-refractivity contribution >= 4 is 11.9 Å². The Morgan fingerprint density at radius 2 is 0.703 bits per heavy atom. The number of hydrogen-bond acceptors (Lipinski definition) is 5. The van der Waals surface area contributed by atoms with Gasteiger partial charge in [0.25, 0.3) is 0 Å². The molecular formula is C59H94O5. The highest BCUT2D eigenvalue weighted by Crippen LogP contribution is 2.11. The van der Waals surface area contributed by atoms with Gasteiger partial charge in [-0.1, -0.05) is 193 Å². The Labute approximate surface area is 394 Å². The summed E-state index contributed by atoms with van der Waals surface area (Å²) in [7, 11) is 0. The highest BCUT2D eigenvalue weighted by atomic mass is 16.6. The number of ether oxygens (including phenoxy) is 3. The minimum absolute atomic E-state index is 0.0285. The normalized spacial score (nSPS) is 13.4. The van der Waals surface area contributed by atoms with Gasteiger partial charge in [0.2, 0.25) is 0 Å². The molecule has 0 amide bonds. The van der Waals surface area contributed by atoms with E-state index in [-0.39, 0.29) is 25.2 Å². The quantitative estimate of drug-likeness (QED) is 0.0346. The molecule has 0 aliphatic rings. The molecule has 0 saturated carbocycles. The molecule has 0 aromatic heterocycles. The molecule has 64 heavy (non-hydrogen) atoms. The summed E-state index contributed by atoms with van der Waals surface area (Å²) in [6.07, 6.45) is 76.2. The standard InChI is InChI=1S/C59H94O5/c1-4-7-10-13-16-19-22-25-27-28-29-30-31-33-36-39-42-45-48-51-54-62-55-57(64-59(61)53-50-47-44-41-38-34-24-21-18-15-12-9-6-3)56-63-58(60)52-49-46-43-40-37-35-32-26-23-20-17-14-11-8-5-2/h7-8,10-11,16-17,19-21,24-27,29-30,32-33,36-37,40,42,45,57H,4-6,9,12-15,18,22-23,28,31,34-35,38-39,41,43-44,46-56H2,1-3H3/b10-7-,11-8-,19-16-,20-17-,24-21-,27-25-,30-29-,32-26-,36-33-,40-37-,45-42-. The van der Waals surface area contributed by atoms with Crippen LogP contribution in [-0.4, -0.2) is 37.9 Å². The van der Waals surface area contributed by atoms with Crippen LogP contribution in [0, 0.1) is 0 Å². The zero-order chi connectivity index (χ0) is 46.3. The van der Waals surface area contributed by atoms with Crippen molar-refractivity contribution in [2.45, 2.75) is 207 Å². The molecular weight excluding hydrogens is 789 g/mol. The molecule has 0 aliphatic heterocycles. The zero-order valence-electron chi connectivity index (χ0n) is 41.2. The molecule has 0 fully saturated rings. The number of carbonyl (C=O) groups excluding carboxylic acids is 2. The number of allylic oxidation sites excluding steroid dienone is 22. The van der Waals surface area contributed by atoms with Crippen molar-refractivity contribution in [3.8, 4) is 0 Å². The first-order chi connectivity index (χ1) is 31.6. The second-order valence-corrected chi connectivity index (χ2v) is 16.3. The Hall–Kier alpha value is -3.96. The number of carbonyl (C=O) groups is 2. The lowest BCUT2D eigenvalue weighted by Gasteiger charge is -2.18. The molecule has 0 aromatic carbocycles. The van der Waals surface area contributed by atoms with Crippen LogP contribution in [0.1, 0.15) is 201 Å². The van der Waals surface area contributed by atoms with Gasteiger partial charge in [-0.3, -0.25) is 9.59 Å². The van der Waals surface area contributed by atoms with Crippen molar-refractivity contribution < 1.29 is 23.8 Å². The fraction of sp³-hybridized carbons (Fsp3) is 0.593. The largest absolute Gasteiger partial charge is 0.462 e. The third-order valence-corrected chi connectivity index (χ3v) is 10.2. The Morgan fingerprint density at radius 1 is 0.359 bits per heavy atom. The second kappa shape index (κ2) is 53.4. The van der Waals surface area contributed by atoms with Crippen LogP contribution in [0.4, 0.5) is 0 Å². The Bertz CT molecular complexity index is 1370. The molecule has 0 heterocycles. The van der Waals surface area contributed by atoms with E-state index in [1.54, 1.807) is 0 Å². The van der Waals surface area contributed by atoms with Crippen molar-refractivity contribution in [2.24, 2.45) is 0 Å². The Morgan fingerprint density at radius 3 is 1.17 bits per heavy atom. The van der Waals surface area contributed by atoms with Crippen molar-refractivity contribution in [1.82, 2.24) is 0 Å². The van der Waals surface area contributed by atoms with E-state index in [1.807, 2.05) is 0 Å².